The van der Waals surface area contributed by atoms with E-state index in [2.05, 4.69) is 0 Å². The maximum absolute atomic E-state index is 12.9. The molecule has 70 valence electrons. The topological polar surface area (TPSA) is 67.8 Å². The van der Waals surface area contributed by atoms with Crippen LogP contribution in [-0.4, -0.2) is 5.11 Å². The Hall–Kier alpha value is -2.21. The SMILES string of the molecule is N#Cc1c(F)c(O)c(F)c(F)c1C#N. The van der Waals surface area contributed by atoms with E-state index >= 15 is 0 Å². The molecule has 0 aliphatic heterocycles. The van der Waals surface area contributed by atoms with Crippen molar-refractivity contribution in [2.24, 2.45) is 0 Å². The van der Waals surface area contributed by atoms with Gasteiger partial charge in [-0.1, -0.05) is 0 Å². The molecule has 0 aliphatic carbocycles. The largest absolute Gasteiger partial charge is 0.503 e. The van der Waals surface area contributed by atoms with Crippen LogP contribution < -0.4 is 0 Å². The summed E-state index contributed by atoms with van der Waals surface area (Å²) in [4.78, 5) is 0. The second-order valence-corrected chi connectivity index (χ2v) is 2.26. The van der Waals surface area contributed by atoms with Gasteiger partial charge in [0.1, 0.15) is 23.3 Å². The highest BCUT2D eigenvalue weighted by molar-refractivity contribution is 5.51. The van der Waals surface area contributed by atoms with Gasteiger partial charge < -0.3 is 5.11 Å². The maximum Gasteiger partial charge on any atom is 0.204 e. The molecule has 0 bridgehead atoms. The van der Waals surface area contributed by atoms with Gasteiger partial charge in [0.2, 0.25) is 5.82 Å². The Bertz CT molecular complexity index is 440. The van der Waals surface area contributed by atoms with Crippen molar-refractivity contribution in [1.29, 1.82) is 10.5 Å². The first-order valence-electron chi connectivity index (χ1n) is 3.24. The molecule has 1 aromatic rings. The first kappa shape index (κ1) is 9.87. The lowest BCUT2D eigenvalue weighted by atomic mass is 10.1. The minimum Gasteiger partial charge on any atom is -0.503 e. The molecule has 0 spiro atoms. The lowest BCUT2D eigenvalue weighted by Gasteiger charge is -2.02. The van der Waals surface area contributed by atoms with E-state index in [9.17, 15) is 13.2 Å². The first-order chi connectivity index (χ1) is 6.54. The van der Waals surface area contributed by atoms with Crippen molar-refractivity contribution in [3.8, 4) is 17.9 Å². The van der Waals surface area contributed by atoms with Crippen molar-refractivity contribution in [3.63, 3.8) is 0 Å². The average molecular weight is 198 g/mol. The van der Waals surface area contributed by atoms with Crippen molar-refractivity contribution >= 4 is 0 Å². The molecule has 0 atom stereocenters. The van der Waals surface area contributed by atoms with Crippen LogP contribution in [0.25, 0.3) is 0 Å². The third-order valence-electron chi connectivity index (χ3n) is 1.52. The van der Waals surface area contributed by atoms with Crippen LogP contribution in [0.1, 0.15) is 11.1 Å². The summed E-state index contributed by atoms with van der Waals surface area (Å²) in [5.41, 5.74) is -2.07. The van der Waals surface area contributed by atoms with Crippen molar-refractivity contribution in [1.82, 2.24) is 0 Å². The predicted octanol–water partition coefficient (Wildman–Crippen LogP) is 1.55. The van der Waals surface area contributed by atoms with E-state index in [0.717, 1.165) is 12.1 Å². The number of phenolic OH excluding ortho intramolecular Hbond substituents is 1. The van der Waals surface area contributed by atoms with Crippen LogP contribution in [0, 0.1) is 40.1 Å². The van der Waals surface area contributed by atoms with Crippen LogP contribution in [0.15, 0.2) is 0 Å². The number of rotatable bonds is 0. The fraction of sp³-hybridized carbons (Fsp3) is 0. The zero-order chi connectivity index (χ0) is 10.9. The van der Waals surface area contributed by atoms with E-state index in [1.807, 2.05) is 0 Å². The highest BCUT2D eigenvalue weighted by Gasteiger charge is 2.24. The minimum atomic E-state index is -1.88. The van der Waals surface area contributed by atoms with Gasteiger partial charge in [0.25, 0.3) is 0 Å². The van der Waals surface area contributed by atoms with E-state index in [0.29, 0.717) is 0 Å². The molecular formula is C8HF3N2O. The summed E-state index contributed by atoms with van der Waals surface area (Å²) in [6, 6.07) is 2.29. The fourth-order valence-corrected chi connectivity index (χ4v) is 0.858. The van der Waals surface area contributed by atoms with Crippen molar-refractivity contribution in [2.45, 2.75) is 0 Å². The summed E-state index contributed by atoms with van der Waals surface area (Å²) in [5, 5.41) is 25.3. The third-order valence-corrected chi connectivity index (χ3v) is 1.52. The van der Waals surface area contributed by atoms with Gasteiger partial charge in [0, 0.05) is 0 Å². The Morgan fingerprint density at radius 2 is 1.29 bits per heavy atom. The summed E-state index contributed by atoms with van der Waals surface area (Å²) in [6.07, 6.45) is 0. The molecule has 0 unspecified atom stereocenters. The van der Waals surface area contributed by atoms with E-state index in [4.69, 9.17) is 15.6 Å². The van der Waals surface area contributed by atoms with Crippen LogP contribution >= 0.6 is 0 Å². The summed E-state index contributed by atoms with van der Waals surface area (Å²) < 4.78 is 38.3. The molecule has 6 heteroatoms. The second-order valence-electron chi connectivity index (χ2n) is 2.26. The number of nitrogens with zero attached hydrogens (tertiary/aromatic N) is 2. The lowest BCUT2D eigenvalue weighted by Crippen LogP contribution is -1.99. The minimum absolute atomic E-state index is 1.01. The standard InChI is InChI=1S/C8HF3N2O/c9-5-3(1-12)4(2-13)6(10)8(14)7(5)11/h14H. The number of aromatic hydroxyl groups is 1. The number of nitriles is 2. The molecular weight excluding hydrogens is 197 g/mol. The van der Waals surface area contributed by atoms with Crippen LogP contribution in [0.2, 0.25) is 0 Å². The zero-order valence-electron chi connectivity index (χ0n) is 6.48. The van der Waals surface area contributed by atoms with Crippen LogP contribution in [0.3, 0.4) is 0 Å². The van der Waals surface area contributed by atoms with Gasteiger partial charge in [-0.05, 0) is 0 Å². The molecule has 0 amide bonds. The smallest absolute Gasteiger partial charge is 0.204 e. The van der Waals surface area contributed by atoms with Gasteiger partial charge in [-0.2, -0.15) is 14.9 Å². The maximum atomic E-state index is 12.9. The quantitative estimate of drug-likeness (QED) is 0.643. The molecule has 1 aromatic carbocycles. The highest BCUT2D eigenvalue weighted by atomic mass is 19.2. The van der Waals surface area contributed by atoms with E-state index in [1.54, 1.807) is 0 Å². The zero-order valence-corrected chi connectivity index (χ0v) is 6.48. The van der Waals surface area contributed by atoms with E-state index < -0.39 is 34.3 Å². The number of halogens is 3. The summed E-state index contributed by atoms with van der Waals surface area (Å²) in [6.45, 7) is 0. The Labute approximate surface area is 76.2 Å². The van der Waals surface area contributed by atoms with Gasteiger partial charge >= 0.3 is 0 Å². The third kappa shape index (κ3) is 1.14. The number of benzene rings is 1. The van der Waals surface area contributed by atoms with E-state index in [-0.39, 0.29) is 0 Å². The molecule has 0 saturated heterocycles. The Balaban J connectivity index is 3.79. The average Bonchev–Trinajstić information content (AvgIpc) is 2.20. The second kappa shape index (κ2) is 3.27. The Morgan fingerprint density at radius 3 is 1.71 bits per heavy atom. The van der Waals surface area contributed by atoms with E-state index in [1.165, 1.54) is 0 Å². The normalized spacial score (nSPS) is 9.21. The lowest BCUT2D eigenvalue weighted by molar-refractivity contribution is 0.375. The van der Waals surface area contributed by atoms with Crippen LogP contribution in [0.5, 0.6) is 5.75 Å². The summed E-state index contributed by atoms with van der Waals surface area (Å²) in [7, 11) is 0. The fourth-order valence-electron chi connectivity index (χ4n) is 0.858. The molecule has 0 saturated carbocycles. The van der Waals surface area contributed by atoms with Crippen molar-refractivity contribution in [3.05, 3.63) is 28.6 Å². The molecule has 0 aliphatic rings. The van der Waals surface area contributed by atoms with Gasteiger partial charge in [0.05, 0.1) is 0 Å². The number of phenols is 1. The number of hydrogen-bond donors (Lipinski definition) is 1. The van der Waals surface area contributed by atoms with Gasteiger partial charge in [-0.3, -0.25) is 0 Å². The molecule has 0 fully saturated rings. The highest BCUT2D eigenvalue weighted by Crippen LogP contribution is 2.28. The predicted molar refractivity (Wildman–Crippen MR) is 37.4 cm³/mol. The van der Waals surface area contributed by atoms with Crippen LogP contribution in [0.4, 0.5) is 13.2 Å². The van der Waals surface area contributed by atoms with Gasteiger partial charge in [-0.15, -0.1) is 0 Å². The summed E-state index contributed by atoms with van der Waals surface area (Å²) in [5.74, 6) is -6.85. The van der Waals surface area contributed by atoms with Gasteiger partial charge in [-0.25, -0.2) is 8.78 Å². The molecule has 1 rings (SSSR count). The Kier molecular flexibility index (Phi) is 2.30. The monoisotopic (exact) mass is 198 g/mol. The molecule has 1 N–H and O–H groups in total. The van der Waals surface area contributed by atoms with Gasteiger partial charge in [0.15, 0.2) is 17.4 Å². The Morgan fingerprint density at radius 1 is 0.857 bits per heavy atom. The first-order valence-corrected chi connectivity index (χ1v) is 3.24. The molecule has 0 radical (unpaired) electrons. The molecule has 3 nitrogen and oxygen atoms in total. The van der Waals surface area contributed by atoms with Crippen LogP contribution in [-0.2, 0) is 0 Å². The number of hydrogen-bond acceptors (Lipinski definition) is 3. The molecule has 14 heavy (non-hydrogen) atoms. The van der Waals surface area contributed by atoms with Crippen molar-refractivity contribution in [2.75, 3.05) is 0 Å². The molecule has 0 heterocycles. The summed E-state index contributed by atoms with van der Waals surface area (Å²) >= 11 is 0. The molecule has 0 aromatic heterocycles. The van der Waals surface area contributed by atoms with Crippen molar-refractivity contribution < 1.29 is 18.3 Å².